The fourth-order valence-corrected chi connectivity index (χ4v) is 4.45. The molecule has 26 heavy (non-hydrogen) atoms. The molecule has 132 valence electrons. The molecule has 0 bridgehead atoms. The van der Waals surface area contributed by atoms with Crippen LogP contribution in [0.4, 0.5) is 9.59 Å². The number of hydrogen-bond acceptors (Lipinski definition) is 6. The molecule has 2 saturated heterocycles. The third kappa shape index (κ3) is 1.87. The highest BCUT2D eigenvalue weighted by Crippen LogP contribution is 2.60. The second kappa shape index (κ2) is 5.24. The Morgan fingerprint density at radius 1 is 0.808 bits per heavy atom. The lowest BCUT2D eigenvalue weighted by atomic mass is 9.67. The van der Waals surface area contributed by atoms with Crippen LogP contribution < -0.4 is 0 Å². The van der Waals surface area contributed by atoms with Crippen LogP contribution >= 0.6 is 0 Å². The third-order valence-electron chi connectivity index (χ3n) is 5.53. The van der Waals surface area contributed by atoms with Crippen molar-refractivity contribution in [2.75, 3.05) is 0 Å². The first kappa shape index (κ1) is 15.3. The molecule has 2 aromatic rings. The van der Waals surface area contributed by atoms with E-state index in [0.717, 1.165) is 11.1 Å². The van der Waals surface area contributed by atoms with E-state index in [2.05, 4.69) is 0 Å². The van der Waals surface area contributed by atoms with E-state index in [-0.39, 0.29) is 5.92 Å². The molecule has 4 unspecified atom stereocenters. The summed E-state index contributed by atoms with van der Waals surface area (Å²) in [5, 5.41) is 0. The van der Waals surface area contributed by atoms with Crippen LogP contribution in [0.25, 0.3) is 0 Å². The summed E-state index contributed by atoms with van der Waals surface area (Å²) >= 11 is 0. The maximum absolute atomic E-state index is 12.2. The summed E-state index contributed by atoms with van der Waals surface area (Å²) in [5.74, 6) is -1.78. The first-order valence-corrected chi connectivity index (χ1v) is 8.57. The molecule has 0 N–H and O–H groups in total. The molecular weight excluding hydrogens is 336 g/mol. The zero-order valence-corrected chi connectivity index (χ0v) is 13.8. The fraction of sp³-hybridized carbons (Fsp3) is 0.300. The summed E-state index contributed by atoms with van der Waals surface area (Å²) < 4.78 is 22.2. The van der Waals surface area contributed by atoms with Gasteiger partial charge in [-0.3, -0.25) is 0 Å². The van der Waals surface area contributed by atoms with Crippen molar-refractivity contribution in [1.82, 2.24) is 0 Å². The number of benzene rings is 2. The van der Waals surface area contributed by atoms with Gasteiger partial charge in [0.05, 0.1) is 0 Å². The summed E-state index contributed by atoms with van der Waals surface area (Å²) in [4.78, 5) is 24.3. The molecule has 4 atom stereocenters. The maximum atomic E-state index is 12.2. The lowest BCUT2D eigenvalue weighted by molar-refractivity contribution is -0.232. The minimum Gasteiger partial charge on any atom is -0.422 e. The Balaban J connectivity index is 1.67. The van der Waals surface area contributed by atoms with Crippen LogP contribution in [0.15, 0.2) is 60.7 Å². The predicted octanol–water partition coefficient (Wildman–Crippen LogP) is 3.86. The normalized spacial score (nSPS) is 34.8. The lowest BCUT2D eigenvalue weighted by Gasteiger charge is -2.45. The van der Waals surface area contributed by atoms with E-state index >= 15 is 0 Å². The van der Waals surface area contributed by atoms with Crippen molar-refractivity contribution in [3.8, 4) is 0 Å². The molecule has 2 aromatic carbocycles. The summed E-state index contributed by atoms with van der Waals surface area (Å²) in [6, 6.07) is 19.0. The van der Waals surface area contributed by atoms with E-state index in [1.54, 1.807) is 0 Å². The Bertz CT molecular complexity index is 862. The van der Waals surface area contributed by atoms with Crippen LogP contribution in [0.3, 0.4) is 0 Å². The molecule has 5 rings (SSSR count). The van der Waals surface area contributed by atoms with E-state index in [1.807, 2.05) is 60.7 Å². The highest BCUT2D eigenvalue weighted by molar-refractivity contribution is 5.70. The van der Waals surface area contributed by atoms with Gasteiger partial charge in [0, 0.05) is 17.9 Å². The van der Waals surface area contributed by atoms with Crippen LogP contribution in [-0.4, -0.2) is 24.2 Å². The summed E-state index contributed by atoms with van der Waals surface area (Å²) in [5.41, 5.74) is 0.508. The average Bonchev–Trinajstić information content (AvgIpc) is 3.15. The van der Waals surface area contributed by atoms with Gasteiger partial charge in [-0.2, -0.15) is 0 Å². The van der Waals surface area contributed by atoms with Crippen molar-refractivity contribution in [3.63, 3.8) is 0 Å². The second-order valence-corrected chi connectivity index (χ2v) is 6.76. The Kier molecular flexibility index (Phi) is 3.07. The quantitative estimate of drug-likeness (QED) is 0.765. The Morgan fingerprint density at radius 3 is 2.19 bits per heavy atom. The summed E-state index contributed by atoms with van der Waals surface area (Å²) in [7, 11) is 0. The Morgan fingerprint density at radius 2 is 1.46 bits per heavy atom. The molecule has 6 nitrogen and oxygen atoms in total. The van der Waals surface area contributed by atoms with Crippen molar-refractivity contribution in [2.45, 2.75) is 36.3 Å². The molecular formula is C20H16O6. The SMILES string of the molecule is O=C1OC2C(c3ccccc3)CCC3(c4ccccc4)OC(=O)OC23O1. The van der Waals surface area contributed by atoms with Gasteiger partial charge in [-0.25, -0.2) is 9.59 Å². The molecule has 0 radical (unpaired) electrons. The zero-order valence-electron chi connectivity index (χ0n) is 13.8. The number of rotatable bonds is 2. The minimum absolute atomic E-state index is 0.158. The molecule has 1 aliphatic carbocycles. The predicted molar refractivity (Wildman–Crippen MR) is 88.2 cm³/mol. The smallest absolute Gasteiger partial charge is 0.422 e. The van der Waals surface area contributed by atoms with Gasteiger partial charge in [-0.05, 0) is 12.0 Å². The van der Waals surface area contributed by atoms with Crippen molar-refractivity contribution in [3.05, 3.63) is 71.8 Å². The van der Waals surface area contributed by atoms with Crippen LogP contribution in [0.2, 0.25) is 0 Å². The van der Waals surface area contributed by atoms with Gasteiger partial charge in [0.1, 0.15) is 0 Å². The number of carbonyl (C=O) groups excluding carboxylic acids is 2. The fourth-order valence-electron chi connectivity index (χ4n) is 4.45. The van der Waals surface area contributed by atoms with E-state index < -0.39 is 29.8 Å². The molecule has 6 heteroatoms. The van der Waals surface area contributed by atoms with Gasteiger partial charge in [-0.15, -0.1) is 0 Å². The van der Waals surface area contributed by atoms with Gasteiger partial charge in [0.2, 0.25) is 5.60 Å². The summed E-state index contributed by atoms with van der Waals surface area (Å²) in [6.45, 7) is 0. The van der Waals surface area contributed by atoms with Gasteiger partial charge >= 0.3 is 18.1 Å². The Labute approximate surface area is 149 Å². The van der Waals surface area contributed by atoms with Gasteiger partial charge in [-0.1, -0.05) is 60.7 Å². The number of carbonyl (C=O) groups is 2. The van der Waals surface area contributed by atoms with E-state index in [4.69, 9.17) is 18.9 Å². The number of hydrogen-bond donors (Lipinski definition) is 0. The van der Waals surface area contributed by atoms with Crippen molar-refractivity contribution < 1.29 is 28.5 Å². The van der Waals surface area contributed by atoms with Crippen molar-refractivity contribution >= 4 is 12.3 Å². The van der Waals surface area contributed by atoms with E-state index in [0.29, 0.717) is 12.8 Å². The van der Waals surface area contributed by atoms with Crippen LogP contribution in [0, 0.1) is 0 Å². The van der Waals surface area contributed by atoms with Crippen molar-refractivity contribution in [1.29, 1.82) is 0 Å². The topological polar surface area (TPSA) is 71.1 Å². The molecule has 3 fully saturated rings. The first-order valence-electron chi connectivity index (χ1n) is 8.57. The van der Waals surface area contributed by atoms with Crippen LogP contribution in [0.5, 0.6) is 0 Å². The summed E-state index contributed by atoms with van der Waals surface area (Å²) in [6.07, 6.45) is -1.38. The van der Waals surface area contributed by atoms with Crippen LogP contribution in [-0.2, 0) is 24.5 Å². The molecule has 1 spiro atoms. The lowest BCUT2D eigenvalue weighted by Crippen LogP contribution is -2.60. The molecule has 0 amide bonds. The molecule has 3 aliphatic rings. The first-order chi connectivity index (χ1) is 12.6. The minimum atomic E-state index is -1.62. The maximum Gasteiger partial charge on any atom is 0.513 e. The van der Waals surface area contributed by atoms with Gasteiger partial charge in [0.25, 0.3) is 0 Å². The third-order valence-corrected chi connectivity index (χ3v) is 5.53. The number of ether oxygens (including phenoxy) is 4. The van der Waals surface area contributed by atoms with E-state index in [1.165, 1.54) is 0 Å². The largest absolute Gasteiger partial charge is 0.513 e. The average molecular weight is 352 g/mol. The van der Waals surface area contributed by atoms with Gasteiger partial charge < -0.3 is 18.9 Å². The Hall–Kier alpha value is -3.02. The standard InChI is InChI=1S/C20H16O6/c21-17-23-16-15(13-7-3-1-4-8-13)11-12-19(14-9-5-2-6-10-14)20(16,25-17)26-18(22)24-19/h1-10,15-16H,11-12H2. The highest BCUT2D eigenvalue weighted by atomic mass is 16.9. The molecule has 2 heterocycles. The van der Waals surface area contributed by atoms with Crippen LogP contribution in [0.1, 0.15) is 29.9 Å². The van der Waals surface area contributed by atoms with Gasteiger partial charge in [0.15, 0.2) is 6.10 Å². The molecule has 2 aliphatic heterocycles. The van der Waals surface area contributed by atoms with Crippen molar-refractivity contribution in [2.24, 2.45) is 0 Å². The molecule has 0 aromatic heterocycles. The molecule has 1 saturated carbocycles. The van der Waals surface area contributed by atoms with E-state index in [9.17, 15) is 9.59 Å². The highest BCUT2D eigenvalue weighted by Gasteiger charge is 2.78. The second-order valence-electron chi connectivity index (χ2n) is 6.76. The zero-order chi connectivity index (χ0) is 17.8. The monoisotopic (exact) mass is 352 g/mol.